The molecule has 0 radical (unpaired) electrons. The number of rotatable bonds is 6. The molecule has 0 saturated carbocycles. The van der Waals surface area contributed by atoms with Crippen molar-refractivity contribution < 1.29 is 0 Å². The van der Waals surface area contributed by atoms with Gasteiger partial charge in [0.1, 0.15) is 11.6 Å². The topological polar surface area (TPSA) is 72.1 Å². The van der Waals surface area contributed by atoms with E-state index in [1.807, 2.05) is 26.4 Å². The summed E-state index contributed by atoms with van der Waals surface area (Å²) in [5, 5.41) is 6.23. The lowest BCUT2D eigenvalue weighted by molar-refractivity contribution is 0.480. The van der Waals surface area contributed by atoms with Gasteiger partial charge in [-0.15, -0.1) is 0 Å². The Morgan fingerprint density at radius 2 is 2.20 bits per heavy atom. The first-order valence-electron chi connectivity index (χ1n) is 8.68. The highest BCUT2D eigenvalue weighted by Gasteiger charge is 2.29. The number of allylic oxidation sites excluding steroid dienone is 1. The van der Waals surface area contributed by atoms with Gasteiger partial charge in [-0.2, -0.15) is 4.98 Å². The van der Waals surface area contributed by atoms with Crippen LogP contribution in [0.4, 0.5) is 17.6 Å². The third kappa shape index (κ3) is 3.40. The van der Waals surface area contributed by atoms with Crippen molar-refractivity contribution in [2.24, 2.45) is 0 Å². The molecule has 1 unspecified atom stereocenters. The van der Waals surface area contributed by atoms with Gasteiger partial charge in [0.15, 0.2) is 0 Å². The lowest BCUT2D eigenvalue weighted by Crippen LogP contribution is -2.34. The van der Waals surface area contributed by atoms with Crippen molar-refractivity contribution in [3.8, 4) is 0 Å². The fourth-order valence-corrected chi connectivity index (χ4v) is 3.43. The summed E-state index contributed by atoms with van der Waals surface area (Å²) in [5.74, 6) is 2.66. The van der Waals surface area contributed by atoms with Gasteiger partial charge in [0.05, 0.1) is 0 Å². The molecule has 2 aromatic rings. The fourth-order valence-electron chi connectivity index (χ4n) is 3.43. The second-order valence-electron chi connectivity index (χ2n) is 6.18. The zero-order valence-corrected chi connectivity index (χ0v) is 15.4. The minimum Gasteiger partial charge on any atom is -0.374 e. The Labute approximate surface area is 149 Å². The van der Waals surface area contributed by atoms with E-state index in [1.54, 1.807) is 6.20 Å². The number of hydrogen-bond acceptors (Lipinski definition) is 6. The van der Waals surface area contributed by atoms with Gasteiger partial charge in [-0.1, -0.05) is 6.08 Å². The molecule has 0 spiro atoms. The molecule has 1 atom stereocenters. The molecule has 25 heavy (non-hydrogen) atoms. The number of H-pyrrole nitrogens is 1. The summed E-state index contributed by atoms with van der Waals surface area (Å²) in [7, 11) is 5.89. The van der Waals surface area contributed by atoms with Crippen LogP contribution in [0.15, 0.2) is 30.6 Å². The molecule has 1 saturated heterocycles. The number of anilines is 3. The summed E-state index contributed by atoms with van der Waals surface area (Å²) in [5.41, 5.74) is 2.48. The number of nitrogens with zero attached hydrogens (tertiary/aromatic N) is 4. The molecule has 3 N–H and O–H groups in total. The summed E-state index contributed by atoms with van der Waals surface area (Å²) in [6, 6.07) is 4.51. The summed E-state index contributed by atoms with van der Waals surface area (Å²) in [6.45, 7) is 4.11. The quantitative estimate of drug-likeness (QED) is 0.750. The predicted molar refractivity (Wildman–Crippen MR) is 104 cm³/mol. The maximum atomic E-state index is 4.56. The SMILES string of the molecule is C/C=C(\c1cc[nH]c1NC)N1CCC(N(C)c2ccnc(NC)n2)C1. The summed E-state index contributed by atoms with van der Waals surface area (Å²) in [6.07, 6.45) is 7.07. The minimum absolute atomic E-state index is 0.423. The number of aromatic amines is 1. The highest BCUT2D eigenvalue weighted by Crippen LogP contribution is 2.30. The van der Waals surface area contributed by atoms with Crippen molar-refractivity contribution in [1.82, 2.24) is 19.9 Å². The Bertz CT molecular complexity index is 737. The van der Waals surface area contributed by atoms with E-state index in [2.05, 4.69) is 61.5 Å². The molecule has 1 aliphatic rings. The molecule has 0 aliphatic carbocycles. The maximum absolute atomic E-state index is 4.56. The second-order valence-corrected chi connectivity index (χ2v) is 6.18. The number of aromatic nitrogens is 3. The largest absolute Gasteiger partial charge is 0.374 e. The number of hydrogen-bond donors (Lipinski definition) is 3. The molecule has 3 rings (SSSR count). The van der Waals surface area contributed by atoms with Crippen molar-refractivity contribution in [1.29, 1.82) is 0 Å². The van der Waals surface area contributed by atoms with Crippen LogP contribution >= 0.6 is 0 Å². The molecule has 0 amide bonds. The first-order valence-corrected chi connectivity index (χ1v) is 8.68. The fraction of sp³-hybridized carbons (Fsp3) is 0.444. The molecule has 1 aliphatic heterocycles. The third-order valence-electron chi connectivity index (χ3n) is 4.82. The van der Waals surface area contributed by atoms with Crippen LogP contribution < -0.4 is 15.5 Å². The molecule has 7 nitrogen and oxygen atoms in total. The first kappa shape index (κ1) is 17.1. The van der Waals surface area contributed by atoms with E-state index < -0.39 is 0 Å². The Balaban J connectivity index is 1.74. The average Bonchev–Trinajstić information content (AvgIpc) is 3.32. The second kappa shape index (κ2) is 7.46. The smallest absolute Gasteiger partial charge is 0.224 e. The van der Waals surface area contributed by atoms with Crippen molar-refractivity contribution in [3.63, 3.8) is 0 Å². The van der Waals surface area contributed by atoms with Crippen LogP contribution in [0.25, 0.3) is 5.70 Å². The molecule has 2 aromatic heterocycles. The van der Waals surface area contributed by atoms with Gasteiger partial charge in [0.25, 0.3) is 0 Å². The van der Waals surface area contributed by atoms with Gasteiger partial charge in [0.2, 0.25) is 5.95 Å². The van der Waals surface area contributed by atoms with Gasteiger partial charge in [-0.25, -0.2) is 4.98 Å². The number of likely N-dealkylation sites (N-methyl/N-ethyl adjacent to an activating group) is 1. The van der Waals surface area contributed by atoms with E-state index >= 15 is 0 Å². The minimum atomic E-state index is 0.423. The third-order valence-corrected chi connectivity index (χ3v) is 4.82. The van der Waals surface area contributed by atoms with E-state index in [-0.39, 0.29) is 0 Å². The van der Waals surface area contributed by atoms with Crippen LogP contribution in [0.1, 0.15) is 18.9 Å². The highest BCUT2D eigenvalue weighted by atomic mass is 15.3. The molecular weight excluding hydrogens is 314 g/mol. The lowest BCUT2D eigenvalue weighted by atomic mass is 10.2. The molecule has 3 heterocycles. The van der Waals surface area contributed by atoms with Gasteiger partial charge >= 0.3 is 0 Å². The van der Waals surface area contributed by atoms with E-state index in [1.165, 1.54) is 11.3 Å². The van der Waals surface area contributed by atoms with Crippen LogP contribution in [0.5, 0.6) is 0 Å². The van der Waals surface area contributed by atoms with Crippen LogP contribution in [0, 0.1) is 0 Å². The Morgan fingerprint density at radius 1 is 1.36 bits per heavy atom. The Kier molecular flexibility index (Phi) is 5.11. The summed E-state index contributed by atoms with van der Waals surface area (Å²) >= 11 is 0. The molecule has 0 bridgehead atoms. The van der Waals surface area contributed by atoms with E-state index in [9.17, 15) is 0 Å². The summed E-state index contributed by atoms with van der Waals surface area (Å²) < 4.78 is 0. The van der Waals surface area contributed by atoms with Crippen molar-refractivity contribution in [3.05, 3.63) is 36.2 Å². The van der Waals surface area contributed by atoms with Gasteiger partial charge < -0.3 is 25.4 Å². The van der Waals surface area contributed by atoms with Gasteiger partial charge in [-0.3, -0.25) is 0 Å². The van der Waals surface area contributed by atoms with Crippen molar-refractivity contribution in [2.75, 3.05) is 49.8 Å². The zero-order chi connectivity index (χ0) is 17.8. The van der Waals surface area contributed by atoms with E-state index in [4.69, 9.17) is 0 Å². The lowest BCUT2D eigenvalue weighted by Gasteiger charge is -2.27. The molecular formula is C18H27N7. The van der Waals surface area contributed by atoms with Crippen LogP contribution in [-0.2, 0) is 0 Å². The van der Waals surface area contributed by atoms with E-state index in [0.717, 1.165) is 31.1 Å². The molecule has 1 fully saturated rings. The average molecular weight is 341 g/mol. The monoisotopic (exact) mass is 341 g/mol. The van der Waals surface area contributed by atoms with Gasteiger partial charge in [-0.05, 0) is 25.5 Å². The van der Waals surface area contributed by atoms with Crippen LogP contribution in [0.3, 0.4) is 0 Å². The zero-order valence-electron chi connectivity index (χ0n) is 15.4. The Morgan fingerprint density at radius 3 is 2.92 bits per heavy atom. The van der Waals surface area contributed by atoms with E-state index in [0.29, 0.717) is 12.0 Å². The predicted octanol–water partition coefficient (Wildman–Crippen LogP) is 2.46. The van der Waals surface area contributed by atoms with Gasteiger partial charge in [0, 0.05) is 63.9 Å². The number of likely N-dealkylation sites (tertiary alicyclic amines) is 1. The van der Waals surface area contributed by atoms with Crippen molar-refractivity contribution in [2.45, 2.75) is 19.4 Å². The van der Waals surface area contributed by atoms with Crippen LogP contribution in [0.2, 0.25) is 0 Å². The first-order chi connectivity index (χ1) is 12.2. The van der Waals surface area contributed by atoms with Crippen molar-refractivity contribution >= 4 is 23.3 Å². The highest BCUT2D eigenvalue weighted by molar-refractivity contribution is 5.73. The van der Waals surface area contributed by atoms with Crippen LogP contribution in [-0.4, -0.2) is 60.1 Å². The normalized spacial score (nSPS) is 17.7. The Hall–Kier alpha value is -2.70. The molecule has 7 heteroatoms. The standard InChI is InChI=1S/C18H27N7/c1-5-15(14-6-9-21-17(14)19-2)25-11-8-13(12-25)24(4)16-7-10-22-18(20-3)23-16/h5-7,9-10,13,19,21H,8,11-12H2,1-4H3,(H,20,22,23)/b15-5+. The summed E-state index contributed by atoms with van der Waals surface area (Å²) in [4.78, 5) is 16.7. The molecule has 134 valence electrons. The maximum Gasteiger partial charge on any atom is 0.224 e. The molecule has 0 aromatic carbocycles. The number of nitrogens with one attached hydrogen (secondary N) is 3.